The van der Waals surface area contributed by atoms with Gasteiger partial charge in [-0.3, -0.25) is 4.79 Å². The summed E-state index contributed by atoms with van der Waals surface area (Å²) in [6.45, 7) is 0. The van der Waals surface area contributed by atoms with Crippen LogP contribution in [0.3, 0.4) is 0 Å². The maximum Gasteiger partial charge on any atom is 0.188 e. The second kappa shape index (κ2) is 4.65. The lowest BCUT2D eigenvalue weighted by Crippen LogP contribution is -2.09. The third kappa shape index (κ3) is 2.25. The number of aromatic nitrogens is 3. The molecule has 0 aliphatic rings. The number of aryl methyl sites for hydroxylation is 1. The van der Waals surface area contributed by atoms with E-state index in [4.69, 9.17) is 0 Å². The van der Waals surface area contributed by atoms with E-state index in [0.717, 1.165) is 16.7 Å². The number of nitrogens with zero attached hydrogens (tertiary/aromatic N) is 3. The second-order valence-electron chi connectivity index (χ2n) is 4.44. The molecule has 3 rings (SSSR count). The van der Waals surface area contributed by atoms with Crippen LogP contribution in [0.5, 0.6) is 0 Å². The number of carbonyl (C=O) groups excluding carboxylic acids is 1. The van der Waals surface area contributed by atoms with Crippen LogP contribution in [0.15, 0.2) is 48.8 Å². The quantitative estimate of drug-likeness (QED) is 0.671. The molecule has 0 aliphatic heterocycles. The Kier molecular flexibility index (Phi) is 2.83. The van der Waals surface area contributed by atoms with Gasteiger partial charge in [-0.1, -0.05) is 24.3 Å². The van der Waals surface area contributed by atoms with E-state index in [2.05, 4.69) is 9.97 Å². The summed E-state index contributed by atoms with van der Waals surface area (Å²) < 4.78 is 1.85. The van der Waals surface area contributed by atoms with Crippen molar-refractivity contribution in [1.82, 2.24) is 14.5 Å². The predicted octanol–water partition coefficient (Wildman–Crippen LogP) is 2.39. The van der Waals surface area contributed by atoms with E-state index in [1.807, 2.05) is 48.1 Å². The van der Waals surface area contributed by atoms with E-state index < -0.39 is 0 Å². The minimum atomic E-state index is -0.0138. The van der Waals surface area contributed by atoms with E-state index in [1.54, 1.807) is 12.3 Å². The van der Waals surface area contributed by atoms with Crippen molar-refractivity contribution in [3.8, 4) is 0 Å². The first-order valence-electron chi connectivity index (χ1n) is 6.09. The van der Waals surface area contributed by atoms with E-state index >= 15 is 0 Å². The molecule has 3 aromatic rings. The van der Waals surface area contributed by atoms with Gasteiger partial charge in [0.25, 0.3) is 0 Å². The standard InChI is InChI=1S/C15H13N3O/c1-18-9-8-16-15(18)10-14(19)13-7-6-11-4-2-3-5-12(11)17-13/h2-9H,10H2,1H3. The Balaban J connectivity index is 1.91. The van der Waals surface area contributed by atoms with Gasteiger partial charge in [0, 0.05) is 24.8 Å². The summed E-state index contributed by atoms with van der Waals surface area (Å²) in [5.41, 5.74) is 1.33. The Morgan fingerprint density at radius 2 is 2.05 bits per heavy atom. The summed E-state index contributed by atoms with van der Waals surface area (Å²) >= 11 is 0. The van der Waals surface area contributed by atoms with Gasteiger partial charge in [-0.25, -0.2) is 9.97 Å². The molecule has 19 heavy (non-hydrogen) atoms. The molecule has 0 atom stereocenters. The van der Waals surface area contributed by atoms with E-state index in [1.165, 1.54) is 0 Å². The molecule has 0 N–H and O–H groups in total. The monoisotopic (exact) mass is 251 g/mol. The SMILES string of the molecule is Cn1ccnc1CC(=O)c1ccc2ccccc2n1. The molecule has 0 radical (unpaired) electrons. The van der Waals surface area contributed by atoms with Crippen LogP contribution in [-0.4, -0.2) is 20.3 Å². The Hall–Kier alpha value is -2.49. The molecule has 1 aromatic carbocycles. The molecule has 4 nitrogen and oxygen atoms in total. The topological polar surface area (TPSA) is 47.8 Å². The van der Waals surface area contributed by atoms with Crippen LogP contribution >= 0.6 is 0 Å². The largest absolute Gasteiger partial charge is 0.338 e. The highest BCUT2D eigenvalue weighted by molar-refractivity contribution is 5.97. The lowest BCUT2D eigenvalue weighted by Gasteiger charge is -2.03. The third-order valence-corrected chi connectivity index (χ3v) is 3.12. The van der Waals surface area contributed by atoms with Crippen molar-refractivity contribution in [1.29, 1.82) is 0 Å². The lowest BCUT2D eigenvalue weighted by atomic mass is 10.1. The van der Waals surface area contributed by atoms with E-state index in [-0.39, 0.29) is 12.2 Å². The smallest absolute Gasteiger partial charge is 0.188 e. The fraction of sp³-hybridized carbons (Fsp3) is 0.133. The van der Waals surface area contributed by atoms with Gasteiger partial charge >= 0.3 is 0 Å². The van der Waals surface area contributed by atoms with Gasteiger partial charge in [0.1, 0.15) is 11.5 Å². The number of benzene rings is 1. The van der Waals surface area contributed by atoms with Crippen LogP contribution < -0.4 is 0 Å². The van der Waals surface area contributed by atoms with Gasteiger partial charge in [-0.15, -0.1) is 0 Å². The average molecular weight is 251 g/mol. The zero-order valence-electron chi connectivity index (χ0n) is 10.6. The van der Waals surface area contributed by atoms with Gasteiger partial charge in [0.15, 0.2) is 5.78 Å². The van der Waals surface area contributed by atoms with Gasteiger partial charge in [-0.05, 0) is 12.1 Å². The number of rotatable bonds is 3. The minimum Gasteiger partial charge on any atom is -0.338 e. The number of hydrogen-bond acceptors (Lipinski definition) is 3. The minimum absolute atomic E-state index is 0.0138. The number of Topliss-reactive ketones (excluding diaryl/α,β-unsaturated/α-hetero) is 1. The lowest BCUT2D eigenvalue weighted by molar-refractivity contribution is 0.0985. The number of pyridine rings is 1. The Bertz CT molecular complexity index is 746. The molecule has 2 heterocycles. The average Bonchev–Trinajstić information content (AvgIpc) is 2.84. The molecule has 94 valence electrons. The summed E-state index contributed by atoms with van der Waals surface area (Å²) in [6.07, 6.45) is 3.79. The fourth-order valence-corrected chi connectivity index (χ4v) is 2.02. The number of ketones is 1. The highest BCUT2D eigenvalue weighted by Crippen LogP contribution is 2.13. The molecule has 0 saturated carbocycles. The molecule has 0 aliphatic carbocycles. The molecular formula is C15H13N3O. The highest BCUT2D eigenvalue weighted by Gasteiger charge is 2.11. The van der Waals surface area contributed by atoms with Gasteiger partial charge in [0.05, 0.1) is 11.9 Å². The summed E-state index contributed by atoms with van der Waals surface area (Å²) in [5, 5.41) is 1.04. The van der Waals surface area contributed by atoms with Crippen molar-refractivity contribution in [2.75, 3.05) is 0 Å². The molecular weight excluding hydrogens is 238 g/mol. The van der Waals surface area contributed by atoms with Crippen LogP contribution in [-0.2, 0) is 13.5 Å². The van der Waals surface area contributed by atoms with E-state index in [9.17, 15) is 4.79 Å². The van der Waals surface area contributed by atoms with Crippen molar-refractivity contribution >= 4 is 16.7 Å². The van der Waals surface area contributed by atoms with Gasteiger partial charge in [0.2, 0.25) is 0 Å². The van der Waals surface area contributed by atoms with E-state index in [0.29, 0.717) is 5.69 Å². The summed E-state index contributed by atoms with van der Waals surface area (Å²) in [5.74, 6) is 0.736. The Morgan fingerprint density at radius 3 is 2.84 bits per heavy atom. The van der Waals surface area contributed by atoms with Crippen molar-refractivity contribution in [2.45, 2.75) is 6.42 Å². The molecule has 0 unspecified atom stereocenters. The number of hydrogen-bond donors (Lipinski definition) is 0. The van der Waals surface area contributed by atoms with Crippen LogP contribution in [0.4, 0.5) is 0 Å². The van der Waals surface area contributed by atoms with Crippen LogP contribution in [0, 0.1) is 0 Å². The van der Waals surface area contributed by atoms with Crippen molar-refractivity contribution in [2.24, 2.45) is 7.05 Å². The first kappa shape index (κ1) is 11.6. The normalized spacial score (nSPS) is 10.8. The molecule has 0 amide bonds. The molecule has 2 aromatic heterocycles. The molecule has 0 bridgehead atoms. The highest BCUT2D eigenvalue weighted by atomic mass is 16.1. The number of carbonyl (C=O) groups is 1. The zero-order valence-corrected chi connectivity index (χ0v) is 10.6. The second-order valence-corrected chi connectivity index (χ2v) is 4.44. The van der Waals surface area contributed by atoms with Crippen LogP contribution in [0.1, 0.15) is 16.3 Å². The fourth-order valence-electron chi connectivity index (χ4n) is 2.02. The molecule has 0 saturated heterocycles. The van der Waals surface area contributed by atoms with Crippen LogP contribution in [0.2, 0.25) is 0 Å². The van der Waals surface area contributed by atoms with Gasteiger partial charge in [-0.2, -0.15) is 0 Å². The first-order valence-corrected chi connectivity index (χ1v) is 6.09. The molecule has 0 spiro atoms. The summed E-state index contributed by atoms with van der Waals surface area (Å²) in [7, 11) is 1.88. The zero-order chi connectivity index (χ0) is 13.2. The maximum absolute atomic E-state index is 12.2. The Morgan fingerprint density at radius 1 is 1.21 bits per heavy atom. The van der Waals surface area contributed by atoms with Crippen molar-refractivity contribution in [3.05, 3.63) is 60.3 Å². The maximum atomic E-state index is 12.2. The number of imidazole rings is 1. The summed E-state index contributed by atoms with van der Waals surface area (Å²) in [6, 6.07) is 11.5. The predicted molar refractivity (Wildman–Crippen MR) is 73.0 cm³/mol. The van der Waals surface area contributed by atoms with Gasteiger partial charge < -0.3 is 4.57 Å². The third-order valence-electron chi connectivity index (χ3n) is 3.12. The molecule has 4 heteroatoms. The Labute approximate surface area is 110 Å². The summed E-state index contributed by atoms with van der Waals surface area (Å²) in [4.78, 5) is 20.7. The first-order chi connectivity index (χ1) is 9.24. The number of para-hydroxylation sites is 1. The van der Waals surface area contributed by atoms with Crippen molar-refractivity contribution < 1.29 is 4.79 Å². The van der Waals surface area contributed by atoms with Crippen LogP contribution in [0.25, 0.3) is 10.9 Å². The number of fused-ring (bicyclic) bond motifs is 1. The van der Waals surface area contributed by atoms with Crippen molar-refractivity contribution in [3.63, 3.8) is 0 Å². The molecule has 0 fully saturated rings.